The summed E-state index contributed by atoms with van der Waals surface area (Å²) in [6.07, 6.45) is 0.878. The molecule has 2 heterocycles. The monoisotopic (exact) mass is 446 g/mol. The van der Waals surface area contributed by atoms with E-state index >= 15 is 0 Å². The zero-order valence-corrected chi connectivity index (χ0v) is 20.3. The third kappa shape index (κ3) is 5.39. The highest BCUT2D eigenvalue weighted by Gasteiger charge is 2.26. The molecule has 1 saturated heterocycles. The summed E-state index contributed by atoms with van der Waals surface area (Å²) in [6.45, 7) is 10.9. The molecule has 0 bridgehead atoms. The van der Waals surface area contributed by atoms with Gasteiger partial charge in [-0.25, -0.2) is 4.98 Å². The smallest absolute Gasteiger partial charge is 0.205 e. The third-order valence-electron chi connectivity index (χ3n) is 5.69. The Bertz CT molecular complexity index is 890. The molecule has 1 N–H and O–H groups in total. The number of hydrogen-bond acceptors (Lipinski definition) is 7. The Hall–Kier alpha value is -2.55. The van der Waals surface area contributed by atoms with Gasteiger partial charge in [0.25, 0.3) is 0 Å². The number of aromatic nitrogens is 2. The number of aryl methyl sites for hydroxylation is 1. The highest BCUT2D eigenvalue weighted by molar-refractivity contribution is 7.09. The molecule has 0 atom stereocenters. The van der Waals surface area contributed by atoms with Crippen molar-refractivity contribution < 1.29 is 9.47 Å². The normalized spacial score (nSPS) is 15.2. The molecule has 2 aromatic rings. The van der Waals surface area contributed by atoms with Crippen molar-refractivity contribution in [3.05, 3.63) is 29.6 Å². The van der Waals surface area contributed by atoms with E-state index in [2.05, 4.69) is 62.4 Å². The van der Waals surface area contributed by atoms with E-state index in [0.29, 0.717) is 0 Å². The Morgan fingerprint density at radius 3 is 2.45 bits per heavy atom. The van der Waals surface area contributed by atoms with E-state index in [1.54, 1.807) is 14.2 Å². The minimum atomic E-state index is -0.111. The molecule has 0 aliphatic carbocycles. The Balaban J connectivity index is 1.59. The number of nitrogens with one attached hydrogen (secondary N) is 1. The number of methoxy groups -OCH3 is 2. The lowest BCUT2D eigenvalue weighted by molar-refractivity contribution is 0.352. The second kappa shape index (κ2) is 10.2. The molecular formula is C22H34N6O2S. The zero-order valence-electron chi connectivity index (χ0n) is 19.4. The Labute approximate surface area is 189 Å². The predicted molar refractivity (Wildman–Crippen MR) is 127 cm³/mol. The van der Waals surface area contributed by atoms with Gasteiger partial charge in [-0.05, 0) is 17.7 Å². The van der Waals surface area contributed by atoms with Crippen molar-refractivity contribution >= 4 is 22.6 Å². The molecule has 1 aliphatic rings. The van der Waals surface area contributed by atoms with Crippen LogP contribution in [-0.4, -0.2) is 74.2 Å². The Morgan fingerprint density at radius 1 is 1.16 bits per heavy atom. The number of aliphatic imine (C=N–C) groups is 1. The molecule has 0 radical (unpaired) electrons. The molecule has 1 fully saturated rings. The van der Waals surface area contributed by atoms with E-state index < -0.39 is 0 Å². The van der Waals surface area contributed by atoms with Gasteiger partial charge in [-0.15, -0.1) is 0 Å². The topological polar surface area (TPSA) is 75.1 Å². The lowest BCUT2D eigenvalue weighted by Crippen LogP contribution is -2.54. The van der Waals surface area contributed by atoms with Gasteiger partial charge < -0.3 is 24.6 Å². The second-order valence-electron chi connectivity index (χ2n) is 8.18. The molecule has 170 valence electrons. The van der Waals surface area contributed by atoms with E-state index in [-0.39, 0.29) is 5.41 Å². The fourth-order valence-electron chi connectivity index (χ4n) is 3.62. The molecule has 31 heavy (non-hydrogen) atoms. The van der Waals surface area contributed by atoms with Gasteiger partial charge >= 0.3 is 0 Å². The van der Waals surface area contributed by atoms with Crippen molar-refractivity contribution in [1.29, 1.82) is 0 Å². The van der Waals surface area contributed by atoms with Crippen LogP contribution in [-0.2, 0) is 11.8 Å². The van der Waals surface area contributed by atoms with Crippen molar-refractivity contribution in [1.82, 2.24) is 19.6 Å². The first kappa shape index (κ1) is 23.1. The first-order valence-corrected chi connectivity index (χ1v) is 11.4. The molecule has 0 spiro atoms. The fourth-order valence-corrected chi connectivity index (χ4v) is 4.42. The van der Waals surface area contributed by atoms with E-state index in [1.807, 2.05) is 13.1 Å². The summed E-state index contributed by atoms with van der Waals surface area (Å²) in [4.78, 5) is 13.8. The number of piperazine rings is 1. The average Bonchev–Trinajstić information content (AvgIpc) is 3.28. The van der Waals surface area contributed by atoms with E-state index in [9.17, 15) is 0 Å². The number of benzene rings is 1. The minimum absolute atomic E-state index is 0.111. The van der Waals surface area contributed by atoms with Crippen LogP contribution in [0.2, 0.25) is 0 Å². The third-order valence-corrected chi connectivity index (χ3v) is 6.50. The molecule has 0 saturated carbocycles. The van der Waals surface area contributed by atoms with Crippen LogP contribution in [0.5, 0.6) is 11.5 Å². The van der Waals surface area contributed by atoms with E-state index in [4.69, 9.17) is 9.47 Å². The summed E-state index contributed by atoms with van der Waals surface area (Å²) in [5, 5.41) is 4.59. The maximum absolute atomic E-state index is 5.48. The summed E-state index contributed by atoms with van der Waals surface area (Å²) in [5.41, 5.74) is 1.07. The van der Waals surface area contributed by atoms with Gasteiger partial charge in [-0.1, -0.05) is 26.8 Å². The summed E-state index contributed by atoms with van der Waals surface area (Å²) in [6, 6.07) is 6.10. The zero-order chi connectivity index (χ0) is 22.4. The number of guanidine groups is 1. The summed E-state index contributed by atoms with van der Waals surface area (Å²) in [5.74, 6) is 3.35. The highest BCUT2D eigenvalue weighted by atomic mass is 32.1. The number of rotatable bonds is 7. The van der Waals surface area contributed by atoms with Gasteiger partial charge in [0, 0.05) is 63.1 Å². The summed E-state index contributed by atoms with van der Waals surface area (Å²) >= 11 is 1.49. The van der Waals surface area contributed by atoms with Gasteiger partial charge in [0.1, 0.15) is 5.82 Å². The van der Waals surface area contributed by atoms with Crippen molar-refractivity contribution in [2.24, 2.45) is 4.99 Å². The van der Waals surface area contributed by atoms with Crippen molar-refractivity contribution in [2.45, 2.75) is 32.6 Å². The SMILES string of the molecule is CCc1nsc(N2CCN(C(=NC)NCC(C)(C)c3ccc(OC)c(OC)c3)CC2)n1. The molecule has 9 heteroatoms. The minimum Gasteiger partial charge on any atom is -0.493 e. The number of anilines is 1. The maximum Gasteiger partial charge on any atom is 0.205 e. The predicted octanol–water partition coefficient (Wildman–Crippen LogP) is 2.79. The lowest BCUT2D eigenvalue weighted by Gasteiger charge is -2.37. The first-order chi connectivity index (χ1) is 14.9. The van der Waals surface area contributed by atoms with E-state index in [0.717, 1.165) is 67.6 Å². The van der Waals surface area contributed by atoms with Crippen LogP contribution in [0.25, 0.3) is 0 Å². The molecule has 3 rings (SSSR count). The Kier molecular flexibility index (Phi) is 7.59. The van der Waals surface area contributed by atoms with Gasteiger partial charge in [0.05, 0.1) is 14.2 Å². The number of hydrogen-bond donors (Lipinski definition) is 1. The average molecular weight is 447 g/mol. The van der Waals surface area contributed by atoms with Crippen LogP contribution in [0.4, 0.5) is 5.13 Å². The van der Waals surface area contributed by atoms with Crippen LogP contribution in [0.3, 0.4) is 0 Å². The van der Waals surface area contributed by atoms with Crippen molar-refractivity contribution in [2.75, 3.05) is 58.9 Å². The standard InChI is InChI=1S/C22H34N6O2S/c1-7-19-25-21(31-26-19)28-12-10-27(11-13-28)20(23-4)24-15-22(2,3)16-8-9-17(29-5)18(14-16)30-6/h8-9,14H,7,10-13,15H2,1-6H3,(H,23,24). The number of ether oxygens (including phenoxy) is 2. The molecule has 0 unspecified atom stereocenters. The van der Waals surface area contributed by atoms with Crippen LogP contribution in [0, 0.1) is 0 Å². The van der Waals surface area contributed by atoms with Gasteiger partial charge in [0.15, 0.2) is 17.5 Å². The molecule has 1 aromatic heterocycles. The largest absolute Gasteiger partial charge is 0.493 e. The van der Waals surface area contributed by atoms with Crippen molar-refractivity contribution in [3.63, 3.8) is 0 Å². The molecular weight excluding hydrogens is 412 g/mol. The maximum atomic E-state index is 5.48. The van der Waals surface area contributed by atoms with Crippen LogP contribution in [0.15, 0.2) is 23.2 Å². The molecule has 1 aliphatic heterocycles. The first-order valence-electron chi connectivity index (χ1n) is 10.7. The number of nitrogens with zero attached hydrogens (tertiary/aromatic N) is 5. The summed E-state index contributed by atoms with van der Waals surface area (Å²) in [7, 11) is 5.16. The van der Waals surface area contributed by atoms with Gasteiger partial charge in [0.2, 0.25) is 5.13 Å². The Morgan fingerprint density at radius 2 is 1.87 bits per heavy atom. The quantitative estimate of drug-likeness (QED) is 0.518. The summed E-state index contributed by atoms with van der Waals surface area (Å²) < 4.78 is 15.3. The highest BCUT2D eigenvalue weighted by Crippen LogP contribution is 2.33. The van der Waals surface area contributed by atoms with Crippen molar-refractivity contribution in [3.8, 4) is 11.5 Å². The molecule has 8 nitrogen and oxygen atoms in total. The van der Waals surface area contributed by atoms with E-state index in [1.165, 1.54) is 17.1 Å². The second-order valence-corrected chi connectivity index (χ2v) is 8.91. The van der Waals surface area contributed by atoms with Crippen LogP contribution >= 0.6 is 11.5 Å². The lowest BCUT2D eigenvalue weighted by atomic mass is 9.84. The van der Waals surface area contributed by atoms with Crippen LogP contribution < -0.4 is 19.7 Å². The van der Waals surface area contributed by atoms with Gasteiger partial charge in [-0.2, -0.15) is 4.37 Å². The molecule has 0 amide bonds. The molecule has 1 aromatic carbocycles. The fraction of sp³-hybridized carbons (Fsp3) is 0.591. The van der Waals surface area contributed by atoms with Gasteiger partial charge in [-0.3, -0.25) is 4.99 Å². The van der Waals surface area contributed by atoms with Crippen LogP contribution in [0.1, 0.15) is 32.2 Å².